The number of amides is 1. The molecule has 3 N–H and O–H groups in total. The fraction of sp³-hybridized carbons (Fsp3) is 0.231. The molecule has 8 heteroatoms. The molecular weight excluding hydrogens is 292 g/mol. The molecule has 0 unspecified atom stereocenters. The highest BCUT2D eigenvalue weighted by Crippen LogP contribution is 2.10. The van der Waals surface area contributed by atoms with Crippen LogP contribution in [0.3, 0.4) is 0 Å². The molecular formula is C13H14N4O3S. The van der Waals surface area contributed by atoms with Gasteiger partial charge in [-0.15, -0.1) is 0 Å². The molecule has 0 aliphatic rings. The maximum absolute atomic E-state index is 11.5. The Morgan fingerprint density at radius 1 is 1.29 bits per heavy atom. The quantitative estimate of drug-likeness (QED) is 0.334. The van der Waals surface area contributed by atoms with E-state index in [9.17, 15) is 9.59 Å². The largest absolute Gasteiger partial charge is 0.462 e. The molecule has 0 heterocycles. The normalized spacial score (nSPS) is 9.14. The van der Waals surface area contributed by atoms with E-state index >= 15 is 0 Å². The van der Waals surface area contributed by atoms with Crippen molar-refractivity contribution in [3.05, 3.63) is 41.2 Å². The summed E-state index contributed by atoms with van der Waals surface area (Å²) < 4.78 is 4.87. The van der Waals surface area contributed by atoms with Gasteiger partial charge in [0.05, 0.1) is 12.2 Å². The van der Waals surface area contributed by atoms with Crippen molar-refractivity contribution in [2.75, 3.05) is 18.5 Å². The van der Waals surface area contributed by atoms with E-state index in [1.165, 1.54) is 0 Å². The predicted octanol–water partition coefficient (Wildman–Crippen LogP) is 1.10. The van der Waals surface area contributed by atoms with Gasteiger partial charge in [-0.3, -0.25) is 15.6 Å². The summed E-state index contributed by atoms with van der Waals surface area (Å²) in [7, 11) is 0. The summed E-state index contributed by atoms with van der Waals surface area (Å²) in [6.07, 6.45) is 0. The van der Waals surface area contributed by atoms with Crippen LogP contribution in [-0.4, -0.2) is 30.1 Å². The molecule has 7 nitrogen and oxygen atoms in total. The van der Waals surface area contributed by atoms with Crippen molar-refractivity contribution in [2.24, 2.45) is 0 Å². The van der Waals surface area contributed by atoms with Crippen LogP contribution in [0.5, 0.6) is 0 Å². The van der Waals surface area contributed by atoms with Crippen LogP contribution in [0.1, 0.15) is 17.3 Å². The highest BCUT2D eigenvalue weighted by atomic mass is 32.1. The third-order valence-electron chi connectivity index (χ3n) is 2.19. The number of thiocarbonyl (C=S) groups is 1. The molecule has 0 bridgehead atoms. The number of carbonyl (C=O) groups excluding carboxylic acids is 2. The minimum absolute atomic E-state index is 0.164. The van der Waals surface area contributed by atoms with Crippen LogP contribution < -0.4 is 16.2 Å². The fourth-order valence-electron chi connectivity index (χ4n) is 1.30. The van der Waals surface area contributed by atoms with Gasteiger partial charge in [0, 0.05) is 5.69 Å². The molecule has 110 valence electrons. The van der Waals surface area contributed by atoms with Gasteiger partial charge in [-0.05, 0) is 43.4 Å². The molecule has 0 fully saturated rings. The highest BCUT2D eigenvalue weighted by molar-refractivity contribution is 7.80. The molecule has 21 heavy (non-hydrogen) atoms. The number of rotatable bonds is 4. The molecule has 0 saturated carbocycles. The Balaban J connectivity index is 2.48. The predicted molar refractivity (Wildman–Crippen MR) is 81.4 cm³/mol. The molecule has 1 aromatic rings. The van der Waals surface area contributed by atoms with Gasteiger partial charge in [0.25, 0.3) is 6.54 Å². The molecule has 0 aliphatic heterocycles. The van der Waals surface area contributed by atoms with Crippen molar-refractivity contribution in [3.63, 3.8) is 0 Å². The molecule has 1 rings (SSSR count). The van der Waals surface area contributed by atoms with Crippen molar-refractivity contribution in [3.8, 4) is 0 Å². The third-order valence-corrected chi connectivity index (χ3v) is 2.40. The second kappa shape index (κ2) is 8.50. The van der Waals surface area contributed by atoms with Gasteiger partial charge >= 0.3 is 11.9 Å². The average Bonchev–Trinajstić information content (AvgIpc) is 2.46. The maximum atomic E-state index is 11.5. The van der Waals surface area contributed by atoms with E-state index in [2.05, 4.69) is 21.0 Å². The molecule has 0 saturated heterocycles. The number of carbonyl (C=O) groups is 2. The van der Waals surface area contributed by atoms with Gasteiger partial charge in [0.1, 0.15) is 0 Å². The van der Waals surface area contributed by atoms with E-state index in [1.54, 1.807) is 31.2 Å². The third kappa shape index (κ3) is 5.88. The van der Waals surface area contributed by atoms with Crippen LogP contribution >= 0.6 is 12.2 Å². The SMILES string of the molecule is [C-]#[N+]CC(=O)NNC(=S)Nc1ccc(C(=O)OCC)cc1. The van der Waals surface area contributed by atoms with E-state index in [4.69, 9.17) is 23.5 Å². The number of esters is 1. The summed E-state index contributed by atoms with van der Waals surface area (Å²) in [5.41, 5.74) is 5.80. The monoisotopic (exact) mass is 306 g/mol. The molecule has 1 amide bonds. The number of hydrogen-bond acceptors (Lipinski definition) is 4. The lowest BCUT2D eigenvalue weighted by Gasteiger charge is -2.10. The lowest BCUT2D eigenvalue weighted by molar-refractivity contribution is -0.119. The van der Waals surface area contributed by atoms with E-state index < -0.39 is 11.9 Å². The Morgan fingerprint density at radius 3 is 2.52 bits per heavy atom. The van der Waals surface area contributed by atoms with Crippen molar-refractivity contribution in [1.82, 2.24) is 10.9 Å². The number of nitrogens with one attached hydrogen (secondary N) is 3. The van der Waals surface area contributed by atoms with Crippen molar-refractivity contribution in [1.29, 1.82) is 0 Å². The Labute approximate surface area is 127 Å². The molecule has 0 spiro atoms. The van der Waals surface area contributed by atoms with Crippen LogP contribution in [0.4, 0.5) is 5.69 Å². The summed E-state index contributed by atoms with van der Waals surface area (Å²) in [5, 5.41) is 2.98. The Morgan fingerprint density at radius 2 is 1.95 bits per heavy atom. The van der Waals surface area contributed by atoms with Gasteiger partial charge in [0.15, 0.2) is 5.11 Å². The minimum Gasteiger partial charge on any atom is -0.462 e. The lowest BCUT2D eigenvalue weighted by Crippen LogP contribution is -2.44. The Hall–Kier alpha value is -2.66. The smallest absolute Gasteiger partial charge is 0.338 e. The zero-order chi connectivity index (χ0) is 15.7. The highest BCUT2D eigenvalue weighted by Gasteiger charge is 2.07. The topological polar surface area (TPSA) is 83.8 Å². The summed E-state index contributed by atoms with van der Waals surface area (Å²) in [5.74, 6) is -0.872. The van der Waals surface area contributed by atoms with Crippen molar-refractivity contribution >= 4 is 34.9 Å². The van der Waals surface area contributed by atoms with Gasteiger partial charge in [-0.25, -0.2) is 11.4 Å². The van der Waals surface area contributed by atoms with E-state index in [0.29, 0.717) is 17.9 Å². The second-order valence-corrected chi connectivity index (χ2v) is 4.15. The van der Waals surface area contributed by atoms with E-state index in [0.717, 1.165) is 0 Å². The zero-order valence-electron chi connectivity index (χ0n) is 11.3. The maximum Gasteiger partial charge on any atom is 0.338 e. The summed E-state index contributed by atoms with van der Waals surface area (Å²) in [6.45, 7) is 8.31. The van der Waals surface area contributed by atoms with Crippen LogP contribution in [0, 0.1) is 6.57 Å². The first-order valence-electron chi connectivity index (χ1n) is 6.03. The number of benzene rings is 1. The Bertz CT molecular complexity index is 566. The zero-order valence-corrected chi connectivity index (χ0v) is 12.1. The molecule has 0 atom stereocenters. The molecule has 0 aliphatic carbocycles. The van der Waals surface area contributed by atoms with Gasteiger partial charge < -0.3 is 14.9 Å². The van der Waals surface area contributed by atoms with Crippen molar-refractivity contribution < 1.29 is 14.3 Å². The van der Waals surface area contributed by atoms with Gasteiger partial charge in [-0.1, -0.05) is 0 Å². The summed E-state index contributed by atoms with van der Waals surface area (Å²) in [6, 6.07) is 6.50. The molecule has 0 radical (unpaired) electrons. The minimum atomic E-state index is -0.480. The van der Waals surface area contributed by atoms with Crippen molar-refractivity contribution in [2.45, 2.75) is 6.92 Å². The number of hydrazine groups is 1. The second-order valence-electron chi connectivity index (χ2n) is 3.74. The number of anilines is 1. The first kappa shape index (κ1) is 16.4. The van der Waals surface area contributed by atoms with E-state index in [-0.39, 0.29) is 11.7 Å². The van der Waals surface area contributed by atoms with Crippen LogP contribution in [0.15, 0.2) is 24.3 Å². The van der Waals surface area contributed by atoms with Crippen LogP contribution in [0.25, 0.3) is 4.85 Å². The lowest BCUT2D eigenvalue weighted by atomic mass is 10.2. The van der Waals surface area contributed by atoms with Crippen LogP contribution in [-0.2, 0) is 9.53 Å². The van der Waals surface area contributed by atoms with Crippen LogP contribution in [0.2, 0.25) is 0 Å². The first-order chi connectivity index (χ1) is 10.1. The number of hydrogen-bond donors (Lipinski definition) is 3. The standard InChI is InChI=1S/C13H14N4O3S/c1-3-20-12(19)9-4-6-10(7-5-9)15-13(21)17-16-11(18)8-14-2/h4-7H,3,8H2,1H3,(H,16,18)(H2,15,17,21). The summed E-state index contributed by atoms with van der Waals surface area (Å²) in [4.78, 5) is 25.4. The van der Waals surface area contributed by atoms with Gasteiger partial charge in [-0.2, -0.15) is 0 Å². The van der Waals surface area contributed by atoms with Gasteiger partial charge in [0.2, 0.25) is 0 Å². The number of ether oxygens (including phenoxy) is 1. The Kier molecular flexibility index (Phi) is 6.63. The molecule has 0 aromatic heterocycles. The first-order valence-corrected chi connectivity index (χ1v) is 6.44. The number of nitrogens with zero attached hydrogens (tertiary/aromatic N) is 1. The van der Waals surface area contributed by atoms with E-state index in [1.807, 2.05) is 0 Å². The summed E-state index contributed by atoms with van der Waals surface area (Å²) >= 11 is 4.96. The molecule has 1 aromatic carbocycles. The fourth-order valence-corrected chi connectivity index (χ4v) is 1.47. The average molecular weight is 306 g/mol.